The maximum absolute atomic E-state index is 13.0. The quantitative estimate of drug-likeness (QED) is 0.859. The minimum Gasteiger partial charge on any atom is -0.494 e. The second kappa shape index (κ2) is 5.69. The summed E-state index contributed by atoms with van der Waals surface area (Å²) in [6.45, 7) is 2.91. The molecule has 0 heterocycles. The molecule has 0 atom stereocenters. The van der Waals surface area contributed by atoms with E-state index in [0.717, 1.165) is 6.07 Å². The third-order valence-corrected chi connectivity index (χ3v) is 2.62. The minimum absolute atomic E-state index is 0.182. The molecule has 2 N–H and O–H groups in total. The minimum atomic E-state index is -1.17. The molecule has 19 heavy (non-hydrogen) atoms. The van der Waals surface area contributed by atoms with Gasteiger partial charge < -0.3 is 15.2 Å². The van der Waals surface area contributed by atoms with Crippen LogP contribution in [-0.2, 0) is 9.59 Å². The Bertz CT molecular complexity index is 499. The van der Waals surface area contributed by atoms with E-state index in [2.05, 4.69) is 5.32 Å². The van der Waals surface area contributed by atoms with Gasteiger partial charge in [0.05, 0.1) is 18.2 Å². The first-order chi connectivity index (χ1) is 8.76. The van der Waals surface area contributed by atoms with Gasteiger partial charge in [0.2, 0.25) is 5.91 Å². The van der Waals surface area contributed by atoms with E-state index in [9.17, 15) is 14.0 Å². The van der Waals surface area contributed by atoms with E-state index in [1.807, 2.05) is 0 Å². The molecule has 0 fully saturated rings. The first-order valence-corrected chi connectivity index (χ1v) is 5.63. The first kappa shape index (κ1) is 14.9. The maximum atomic E-state index is 13.0. The fourth-order valence-corrected chi connectivity index (χ4v) is 1.44. The largest absolute Gasteiger partial charge is 0.494 e. The molecule has 0 radical (unpaired) electrons. The number of hydrogen-bond acceptors (Lipinski definition) is 3. The van der Waals surface area contributed by atoms with Crippen molar-refractivity contribution in [2.45, 2.75) is 20.3 Å². The van der Waals surface area contributed by atoms with Crippen LogP contribution in [0.4, 0.5) is 10.1 Å². The first-order valence-electron chi connectivity index (χ1n) is 5.63. The molecule has 0 saturated heterocycles. The van der Waals surface area contributed by atoms with Gasteiger partial charge in [-0.1, -0.05) is 0 Å². The zero-order valence-corrected chi connectivity index (χ0v) is 11.0. The Morgan fingerprint density at radius 1 is 1.42 bits per heavy atom. The van der Waals surface area contributed by atoms with Gasteiger partial charge in [0.25, 0.3) is 0 Å². The van der Waals surface area contributed by atoms with Gasteiger partial charge in [0.15, 0.2) is 0 Å². The zero-order valence-electron chi connectivity index (χ0n) is 11.0. The van der Waals surface area contributed by atoms with Crippen molar-refractivity contribution >= 4 is 17.6 Å². The average Bonchev–Trinajstić information content (AvgIpc) is 2.30. The van der Waals surface area contributed by atoms with Crippen molar-refractivity contribution in [3.8, 4) is 5.75 Å². The van der Waals surface area contributed by atoms with Crippen molar-refractivity contribution in [1.29, 1.82) is 0 Å². The monoisotopic (exact) mass is 269 g/mol. The van der Waals surface area contributed by atoms with Crippen LogP contribution < -0.4 is 10.1 Å². The average molecular weight is 269 g/mol. The molecule has 0 spiro atoms. The third-order valence-electron chi connectivity index (χ3n) is 2.62. The Morgan fingerprint density at radius 3 is 2.58 bits per heavy atom. The maximum Gasteiger partial charge on any atom is 0.309 e. The highest BCUT2D eigenvalue weighted by Gasteiger charge is 2.30. The molecule has 6 heteroatoms. The predicted octanol–water partition coefficient (Wildman–Crippen LogP) is 2.27. The lowest BCUT2D eigenvalue weighted by atomic mass is 9.89. The molecule has 0 unspecified atom stereocenters. The Hall–Kier alpha value is -2.11. The molecule has 104 valence electrons. The van der Waals surface area contributed by atoms with Crippen molar-refractivity contribution in [3.05, 3.63) is 24.0 Å². The van der Waals surface area contributed by atoms with Crippen molar-refractivity contribution in [1.82, 2.24) is 0 Å². The summed E-state index contributed by atoms with van der Waals surface area (Å²) < 4.78 is 17.9. The molecule has 1 aromatic rings. The fourth-order valence-electron chi connectivity index (χ4n) is 1.44. The van der Waals surface area contributed by atoms with Gasteiger partial charge in [-0.05, 0) is 26.0 Å². The van der Waals surface area contributed by atoms with Gasteiger partial charge in [-0.3, -0.25) is 9.59 Å². The van der Waals surface area contributed by atoms with Crippen LogP contribution in [0.3, 0.4) is 0 Å². The molecule has 1 aromatic carbocycles. The summed E-state index contributed by atoms with van der Waals surface area (Å²) in [5, 5.41) is 11.4. The number of carboxylic acids is 1. The standard InChI is InChI=1S/C13H16FNO4/c1-13(2,12(17)18)7-11(16)15-9-5-4-8(14)6-10(9)19-3/h4-6H,7H2,1-3H3,(H,15,16)(H,17,18). The van der Waals surface area contributed by atoms with Crippen LogP contribution in [0.1, 0.15) is 20.3 Å². The summed E-state index contributed by atoms with van der Waals surface area (Å²) in [5.74, 6) is -1.84. The van der Waals surface area contributed by atoms with Crippen molar-refractivity contribution in [3.63, 3.8) is 0 Å². The Kier molecular flexibility index (Phi) is 4.47. The SMILES string of the molecule is COc1cc(F)ccc1NC(=O)CC(C)(C)C(=O)O. The Balaban J connectivity index is 2.80. The number of carbonyl (C=O) groups excluding carboxylic acids is 1. The van der Waals surface area contributed by atoms with Crippen LogP contribution in [0.5, 0.6) is 5.75 Å². The summed E-state index contributed by atoms with van der Waals surface area (Å²) in [6.07, 6.45) is -0.192. The summed E-state index contributed by atoms with van der Waals surface area (Å²) in [5.41, 5.74) is -0.868. The highest BCUT2D eigenvalue weighted by molar-refractivity contribution is 5.95. The van der Waals surface area contributed by atoms with E-state index in [-0.39, 0.29) is 12.2 Å². The molecule has 0 aromatic heterocycles. The van der Waals surface area contributed by atoms with E-state index in [1.165, 1.54) is 33.1 Å². The number of amides is 1. The normalized spacial score (nSPS) is 10.9. The molecule has 5 nitrogen and oxygen atoms in total. The molecule has 1 rings (SSSR count). The molecular weight excluding hydrogens is 253 g/mol. The molecule has 0 saturated carbocycles. The number of halogens is 1. The van der Waals surface area contributed by atoms with Gasteiger partial charge in [-0.15, -0.1) is 0 Å². The highest BCUT2D eigenvalue weighted by atomic mass is 19.1. The van der Waals surface area contributed by atoms with Crippen molar-refractivity contribution in [2.75, 3.05) is 12.4 Å². The van der Waals surface area contributed by atoms with E-state index >= 15 is 0 Å². The predicted molar refractivity (Wildman–Crippen MR) is 67.6 cm³/mol. The van der Waals surface area contributed by atoms with E-state index < -0.39 is 23.1 Å². The Labute approximate surface area is 110 Å². The number of nitrogens with one attached hydrogen (secondary N) is 1. The third kappa shape index (κ3) is 3.94. The molecule has 1 amide bonds. The van der Waals surface area contributed by atoms with Gasteiger partial charge in [0, 0.05) is 12.5 Å². The van der Waals surface area contributed by atoms with Crippen LogP contribution in [0.25, 0.3) is 0 Å². The smallest absolute Gasteiger partial charge is 0.309 e. The lowest BCUT2D eigenvalue weighted by molar-refractivity contribution is -0.148. The van der Waals surface area contributed by atoms with Crippen molar-refractivity contribution < 1.29 is 23.8 Å². The molecule has 0 aliphatic carbocycles. The Morgan fingerprint density at radius 2 is 2.05 bits per heavy atom. The molecule has 0 aliphatic heterocycles. The van der Waals surface area contributed by atoms with E-state index in [0.29, 0.717) is 5.69 Å². The fraction of sp³-hybridized carbons (Fsp3) is 0.385. The lowest BCUT2D eigenvalue weighted by Gasteiger charge is -2.18. The van der Waals surface area contributed by atoms with E-state index in [4.69, 9.17) is 9.84 Å². The number of anilines is 1. The van der Waals surface area contributed by atoms with E-state index in [1.54, 1.807) is 0 Å². The number of rotatable bonds is 5. The van der Waals surface area contributed by atoms with Crippen LogP contribution in [0, 0.1) is 11.2 Å². The van der Waals surface area contributed by atoms with Gasteiger partial charge >= 0.3 is 5.97 Å². The van der Waals surface area contributed by atoms with Gasteiger partial charge in [0.1, 0.15) is 11.6 Å². The number of carbonyl (C=O) groups is 2. The van der Waals surface area contributed by atoms with Crippen LogP contribution >= 0.6 is 0 Å². The molecular formula is C13H16FNO4. The van der Waals surface area contributed by atoms with Crippen LogP contribution in [0.15, 0.2) is 18.2 Å². The van der Waals surface area contributed by atoms with Crippen LogP contribution in [0.2, 0.25) is 0 Å². The highest BCUT2D eigenvalue weighted by Crippen LogP contribution is 2.27. The number of ether oxygens (including phenoxy) is 1. The number of hydrogen-bond donors (Lipinski definition) is 2. The molecule has 0 aliphatic rings. The van der Waals surface area contributed by atoms with Crippen LogP contribution in [-0.4, -0.2) is 24.1 Å². The van der Waals surface area contributed by atoms with Gasteiger partial charge in [-0.25, -0.2) is 4.39 Å². The summed E-state index contributed by atoms with van der Waals surface area (Å²) in [7, 11) is 1.35. The summed E-state index contributed by atoms with van der Waals surface area (Å²) in [4.78, 5) is 22.7. The van der Waals surface area contributed by atoms with Crippen molar-refractivity contribution in [2.24, 2.45) is 5.41 Å². The second-order valence-corrected chi connectivity index (χ2v) is 4.76. The lowest BCUT2D eigenvalue weighted by Crippen LogP contribution is -2.29. The number of methoxy groups -OCH3 is 1. The zero-order chi connectivity index (χ0) is 14.6. The number of aliphatic carboxylic acids is 1. The molecule has 0 bridgehead atoms. The number of benzene rings is 1. The number of carboxylic acid groups (broad SMARTS) is 1. The topological polar surface area (TPSA) is 75.6 Å². The summed E-state index contributed by atoms with van der Waals surface area (Å²) >= 11 is 0. The summed E-state index contributed by atoms with van der Waals surface area (Å²) in [6, 6.07) is 3.68. The second-order valence-electron chi connectivity index (χ2n) is 4.76. The van der Waals surface area contributed by atoms with Gasteiger partial charge in [-0.2, -0.15) is 0 Å².